The molecule has 3 heteroatoms. The van der Waals surface area contributed by atoms with E-state index in [1.54, 1.807) is 0 Å². The van der Waals surface area contributed by atoms with Crippen molar-refractivity contribution in [2.45, 2.75) is 40.0 Å². The average Bonchev–Trinajstić information content (AvgIpc) is 2.37. The van der Waals surface area contributed by atoms with Crippen LogP contribution in [0.2, 0.25) is 0 Å². The van der Waals surface area contributed by atoms with Crippen LogP contribution in [-0.2, 0) is 6.42 Å². The second-order valence-corrected chi connectivity index (χ2v) is 5.40. The molecule has 1 aromatic rings. The zero-order chi connectivity index (χ0) is 14.1. The van der Waals surface area contributed by atoms with Gasteiger partial charge < -0.3 is 15.8 Å². The van der Waals surface area contributed by atoms with Gasteiger partial charge in [0.25, 0.3) is 0 Å². The van der Waals surface area contributed by atoms with Crippen molar-refractivity contribution in [1.82, 2.24) is 5.32 Å². The Labute approximate surface area is 117 Å². The van der Waals surface area contributed by atoms with Crippen LogP contribution in [0.1, 0.15) is 39.2 Å². The molecule has 108 valence electrons. The number of hydrogen-bond acceptors (Lipinski definition) is 3. The Bertz CT molecular complexity index is 364. The van der Waals surface area contributed by atoms with Crippen LogP contribution in [0.15, 0.2) is 18.2 Å². The van der Waals surface area contributed by atoms with E-state index in [0.29, 0.717) is 0 Å². The van der Waals surface area contributed by atoms with Crippen LogP contribution in [0.5, 0.6) is 5.75 Å². The topological polar surface area (TPSA) is 47.3 Å². The highest BCUT2D eigenvalue weighted by atomic mass is 16.5. The second kappa shape index (κ2) is 8.81. The lowest BCUT2D eigenvalue weighted by molar-refractivity contribution is 0.319. The molecule has 0 aliphatic heterocycles. The first-order valence-corrected chi connectivity index (χ1v) is 7.35. The molecule has 19 heavy (non-hydrogen) atoms. The highest BCUT2D eigenvalue weighted by Crippen LogP contribution is 2.22. The van der Waals surface area contributed by atoms with Gasteiger partial charge in [0.2, 0.25) is 0 Å². The Morgan fingerprint density at radius 2 is 2.05 bits per heavy atom. The first-order valence-electron chi connectivity index (χ1n) is 7.35. The zero-order valence-corrected chi connectivity index (χ0v) is 12.5. The number of rotatable bonds is 9. The molecule has 0 spiro atoms. The number of ether oxygens (including phenoxy) is 1. The smallest absolute Gasteiger partial charge is 0.142 e. The number of anilines is 1. The molecule has 3 N–H and O–H groups in total. The van der Waals surface area contributed by atoms with Crippen molar-refractivity contribution in [1.29, 1.82) is 0 Å². The number of nitrogen functional groups attached to an aromatic ring is 1. The summed E-state index contributed by atoms with van der Waals surface area (Å²) < 4.78 is 5.57. The maximum atomic E-state index is 5.99. The number of benzene rings is 1. The minimum absolute atomic E-state index is 0.723. The van der Waals surface area contributed by atoms with Gasteiger partial charge in [-0.05, 0) is 56.0 Å². The van der Waals surface area contributed by atoms with Gasteiger partial charge in [0.15, 0.2) is 0 Å². The van der Waals surface area contributed by atoms with Gasteiger partial charge in [0.1, 0.15) is 5.75 Å². The minimum atomic E-state index is 0.723. The van der Waals surface area contributed by atoms with Gasteiger partial charge in [0.05, 0.1) is 12.3 Å². The molecule has 0 aromatic heterocycles. The zero-order valence-electron chi connectivity index (χ0n) is 12.5. The average molecular weight is 264 g/mol. The molecule has 1 rings (SSSR count). The van der Waals surface area contributed by atoms with Gasteiger partial charge >= 0.3 is 0 Å². The lowest BCUT2D eigenvalue weighted by Crippen LogP contribution is -2.19. The maximum absolute atomic E-state index is 5.99. The van der Waals surface area contributed by atoms with E-state index < -0.39 is 0 Å². The second-order valence-electron chi connectivity index (χ2n) is 5.40. The van der Waals surface area contributed by atoms with E-state index in [1.807, 2.05) is 12.1 Å². The van der Waals surface area contributed by atoms with Crippen LogP contribution >= 0.6 is 0 Å². The molecule has 0 unspecified atom stereocenters. The number of nitrogens with one attached hydrogen (secondary N) is 1. The molecule has 0 radical (unpaired) electrons. The van der Waals surface area contributed by atoms with Crippen molar-refractivity contribution in [3.63, 3.8) is 0 Å². The molecule has 0 amide bonds. The largest absolute Gasteiger partial charge is 0.491 e. The van der Waals surface area contributed by atoms with E-state index in [4.69, 9.17) is 10.5 Å². The first kappa shape index (κ1) is 15.8. The fourth-order valence-corrected chi connectivity index (χ4v) is 1.85. The monoisotopic (exact) mass is 264 g/mol. The van der Waals surface area contributed by atoms with Crippen LogP contribution < -0.4 is 15.8 Å². The van der Waals surface area contributed by atoms with Crippen LogP contribution in [0.25, 0.3) is 0 Å². The van der Waals surface area contributed by atoms with Crippen LogP contribution in [-0.4, -0.2) is 19.7 Å². The Kier molecular flexibility index (Phi) is 7.34. The van der Waals surface area contributed by atoms with Crippen LogP contribution in [0.3, 0.4) is 0 Å². The van der Waals surface area contributed by atoms with E-state index in [-0.39, 0.29) is 0 Å². The molecule has 0 saturated heterocycles. The third-order valence-corrected chi connectivity index (χ3v) is 3.02. The predicted molar refractivity (Wildman–Crippen MR) is 82.7 cm³/mol. The van der Waals surface area contributed by atoms with E-state index in [0.717, 1.165) is 49.9 Å². The van der Waals surface area contributed by atoms with E-state index >= 15 is 0 Å². The highest BCUT2D eigenvalue weighted by molar-refractivity contribution is 5.54. The molecular weight excluding hydrogens is 236 g/mol. The number of nitrogens with two attached hydrogens (primary N) is 1. The van der Waals surface area contributed by atoms with E-state index in [1.165, 1.54) is 12.0 Å². The van der Waals surface area contributed by atoms with Crippen molar-refractivity contribution in [2.75, 3.05) is 25.4 Å². The van der Waals surface area contributed by atoms with Crippen molar-refractivity contribution in [3.05, 3.63) is 23.8 Å². The Balaban J connectivity index is 2.32. The van der Waals surface area contributed by atoms with Crippen molar-refractivity contribution < 1.29 is 4.74 Å². The molecule has 0 bridgehead atoms. The van der Waals surface area contributed by atoms with E-state index in [9.17, 15) is 0 Å². The maximum Gasteiger partial charge on any atom is 0.142 e. The molecule has 3 nitrogen and oxygen atoms in total. The fourth-order valence-electron chi connectivity index (χ4n) is 1.85. The minimum Gasteiger partial charge on any atom is -0.491 e. The summed E-state index contributed by atoms with van der Waals surface area (Å²) in [7, 11) is 0. The molecule has 0 aliphatic carbocycles. The molecule has 1 aromatic carbocycles. The molecule has 0 heterocycles. The SMILES string of the molecule is CCCOc1ccc(CCNCCC(C)C)cc1N. The van der Waals surface area contributed by atoms with Gasteiger partial charge in [0, 0.05) is 0 Å². The van der Waals surface area contributed by atoms with E-state index in [2.05, 4.69) is 32.2 Å². The lowest BCUT2D eigenvalue weighted by atomic mass is 10.1. The van der Waals surface area contributed by atoms with Gasteiger partial charge in [-0.3, -0.25) is 0 Å². The van der Waals surface area contributed by atoms with Crippen LogP contribution in [0, 0.1) is 5.92 Å². The highest BCUT2D eigenvalue weighted by Gasteiger charge is 2.02. The normalized spacial score (nSPS) is 10.9. The third kappa shape index (κ3) is 6.48. The van der Waals surface area contributed by atoms with Gasteiger partial charge in [-0.25, -0.2) is 0 Å². The summed E-state index contributed by atoms with van der Waals surface area (Å²) >= 11 is 0. The lowest BCUT2D eigenvalue weighted by Gasteiger charge is -2.10. The predicted octanol–water partition coefficient (Wildman–Crippen LogP) is 3.24. The van der Waals surface area contributed by atoms with Gasteiger partial charge in [-0.15, -0.1) is 0 Å². The van der Waals surface area contributed by atoms with Gasteiger partial charge in [-0.2, -0.15) is 0 Å². The fraction of sp³-hybridized carbons (Fsp3) is 0.625. The van der Waals surface area contributed by atoms with Crippen molar-refractivity contribution in [3.8, 4) is 5.75 Å². The summed E-state index contributed by atoms with van der Waals surface area (Å²) in [5, 5.41) is 3.46. The molecule has 0 aliphatic rings. The molecule has 0 fully saturated rings. The Morgan fingerprint density at radius 1 is 1.26 bits per heavy atom. The summed E-state index contributed by atoms with van der Waals surface area (Å²) in [4.78, 5) is 0. The third-order valence-electron chi connectivity index (χ3n) is 3.02. The summed E-state index contributed by atoms with van der Waals surface area (Å²) in [5.74, 6) is 1.57. The standard InChI is InChI=1S/C16H28N2O/c1-4-11-19-16-6-5-14(12-15(16)17)8-10-18-9-7-13(2)3/h5-6,12-13,18H,4,7-11,17H2,1-3H3. The summed E-state index contributed by atoms with van der Waals surface area (Å²) in [5.41, 5.74) is 7.99. The molecule has 0 saturated carbocycles. The van der Waals surface area contributed by atoms with Crippen molar-refractivity contribution >= 4 is 5.69 Å². The summed E-state index contributed by atoms with van der Waals surface area (Å²) in [6.07, 6.45) is 3.24. The molecular formula is C16H28N2O. The van der Waals surface area contributed by atoms with Crippen LogP contribution in [0.4, 0.5) is 5.69 Å². The Hall–Kier alpha value is -1.22. The van der Waals surface area contributed by atoms with Crippen molar-refractivity contribution in [2.24, 2.45) is 5.92 Å². The number of hydrogen-bond donors (Lipinski definition) is 2. The summed E-state index contributed by atoms with van der Waals surface area (Å²) in [6, 6.07) is 6.11. The first-order chi connectivity index (χ1) is 9.13. The summed E-state index contributed by atoms with van der Waals surface area (Å²) in [6.45, 7) is 9.40. The molecule has 0 atom stereocenters. The Morgan fingerprint density at radius 3 is 2.68 bits per heavy atom. The van der Waals surface area contributed by atoms with Gasteiger partial charge in [-0.1, -0.05) is 26.8 Å². The quantitative estimate of drug-likeness (QED) is 0.532.